The highest BCUT2D eigenvalue weighted by molar-refractivity contribution is 7.09. The molecule has 0 saturated heterocycles. The lowest BCUT2D eigenvalue weighted by molar-refractivity contribution is 0.0856. The zero-order chi connectivity index (χ0) is 17.2. The van der Waals surface area contributed by atoms with Crippen molar-refractivity contribution in [3.8, 4) is 0 Å². The standard InChI is InChI=1S/C17H24N4O2S/c1-11-19-16(24-21-11)18-9-13-8-17(2,3)6-4-14(13)20-15(22)12-5-7-23-10-12/h5,7,10,13-14H,4,6,8-9H2,1-3H3,(H,20,22)(H,18,19,21). The van der Waals surface area contributed by atoms with E-state index in [2.05, 4.69) is 33.8 Å². The number of carbonyl (C=O) groups is 1. The van der Waals surface area contributed by atoms with Crippen LogP contribution in [0, 0.1) is 18.3 Å². The van der Waals surface area contributed by atoms with Crippen molar-refractivity contribution in [3.05, 3.63) is 30.0 Å². The highest BCUT2D eigenvalue weighted by Crippen LogP contribution is 2.39. The van der Waals surface area contributed by atoms with Crippen LogP contribution in [0.3, 0.4) is 0 Å². The predicted molar refractivity (Wildman–Crippen MR) is 94.2 cm³/mol. The fourth-order valence-corrected chi connectivity index (χ4v) is 3.95. The Hall–Kier alpha value is -1.89. The van der Waals surface area contributed by atoms with Crippen molar-refractivity contribution in [1.29, 1.82) is 0 Å². The third-order valence-electron chi connectivity index (χ3n) is 4.66. The van der Waals surface area contributed by atoms with Gasteiger partial charge < -0.3 is 15.1 Å². The Balaban J connectivity index is 1.65. The second-order valence-corrected chi connectivity index (χ2v) is 8.04. The Morgan fingerprint density at radius 2 is 2.33 bits per heavy atom. The Morgan fingerprint density at radius 1 is 1.50 bits per heavy atom. The van der Waals surface area contributed by atoms with Gasteiger partial charge in [0.15, 0.2) is 0 Å². The number of rotatable bonds is 5. The van der Waals surface area contributed by atoms with Crippen LogP contribution in [-0.4, -0.2) is 27.9 Å². The van der Waals surface area contributed by atoms with Gasteiger partial charge in [-0.05, 0) is 43.6 Å². The van der Waals surface area contributed by atoms with Gasteiger partial charge in [0.2, 0.25) is 5.13 Å². The summed E-state index contributed by atoms with van der Waals surface area (Å²) in [5.74, 6) is 1.08. The summed E-state index contributed by atoms with van der Waals surface area (Å²) >= 11 is 1.38. The molecule has 0 bridgehead atoms. The van der Waals surface area contributed by atoms with E-state index in [-0.39, 0.29) is 11.9 Å². The molecular weight excluding hydrogens is 324 g/mol. The average molecular weight is 348 g/mol. The molecule has 7 heteroatoms. The molecule has 1 saturated carbocycles. The van der Waals surface area contributed by atoms with Gasteiger partial charge in [0, 0.05) is 24.1 Å². The highest BCUT2D eigenvalue weighted by atomic mass is 32.1. The Morgan fingerprint density at radius 3 is 3.00 bits per heavy atom. The first-order valence-corrected chi connectivity index (χ1v) is 9.07. The number of nitrogens with one attached hydrogen (secondary N) is 2. The third kappa shape index (κ3) is 4.14. The zero-order valence-electron chi connectivity index (χ0n) is 14.3. The maximum atomic E-state index is 12.3. The molecule has 2 aromatic heterocycles. The van der Waals surface area contributed by atoms with Crippen LogP contribution in [0.15, 0.2) is 23.0 Å². The molecular formula is C17H24N4O2S. The van der Waals surface area contributed by atoms with Crippen molar-refractivity contribution in [1.82, 2.24) is 14.7 Å². The maximum absolute atomic E-state index is 12.3. The van der Waals surface area contributed by atoms with Crippen LogP contribution in [0.25, 0.3) is 0 Å². The first kappa shape index (κ1) is 17.0. The number of nitrogens with zero attached hydrogens (tertiary/aromatic N) is 2. The van der Waals surface area contributed by atoms with Gasteiger partial charge >= 0.3 is 0 Å². The van der Waals surface area contributed by atoms with E-state index >= 15 is 0 Å². The molecule has 2 atom stereocenters. The van der Waals surface area contributed by atoms with Crippen molar-refractivity contribution < 1.29 is 9.21 Å². The van der Waals surface area contributed by atoms with E-state index in [1.807, 2.05) is 6.92 Å². The van der Waals surface area contributed by atoms with Crippen LogP contribution in [0.5, 0.6) is 0 Å². The number of hydrogen-bond donors (Lipinski definition) is 2. The van der Waals surface area contributed by atoms with Crippen molar-refractivity contribution >= 4 is 22.6 Å². The molecule has 1 aliphatic carbocycles. The van der Waals surface area contributed by atoms with Crippen LogP contribution in [0.2, 0.25) is 0 Å². The summed E-state index contributed by atoms with van der Waals surface area (Å²) < 4.78 is 9.20. The third-order valence-corrected chi connectivity index (χ3v) is 5.42. The highest BCUT2D eigenvalue weighted by Gasteiger charge is 2.35. The summed E-state index contributed by atoms with van der Waals surface area (Å²) in [5.41, 5.74) is 0.867. The first-order chi connectivity index (χ1) is 11.4. The minimum Gasteiger partial charge on any atom is -0.472 e. The van der Waals surface area contributed by atoms with Crippen molar-refractivity contribution in [2.24, 2.45) is 11.3 Å². The van der Waals surface area contributed by atoms with E-state index < -0.39 is 0 Å². The van der Waals surface area contributed by atoms with E-state index in [1.165, 1.54) is 24.1 Å². The topological polar surface area (TPSA) is 80.0 Å². The lowest BCUT2D eigenvalue weighted by atomic mass is 9.70. The minimum atomic E-state index is -0.0646. The molecule has 2 aromatic rings. The van der Waals surface area contributed by atoms with Crippen LogP contribution < -0.4 is 10.6 Å². The number of furan rings is 1. The Bertz CT molecular complexity index is 681. The molecule has 24 heavy (non-hydrogen) atoms. The van der Waals surface area contributed by atoms with Crippen molar-refractivity contribution in [3.63, 3.8) is 0 Å². The van der Waals surface area contributed by atoms with Gasteiger partial charge in [0.05, 0.1) is 11.8 Å². The smallest absolute Gasteiger partial charge is 0.254 e. The van der Waals surface area contributed by atoms with Crippen LogP contribution in [-0.2, 0) is 0 Å². The molecule has 0 aliphatic heterocycles. The van der Waals surface area contributed by atoms with E-state index in [4.69, 9.17) is 4.42 Å². The number of amides is 1. The normalized spacial score (nSPS) is 23.0. The lowest BCUT2D eigenvalue weighted by Gasteiger charge is -2.41. The molecule has 0 aromatic carbocycles. The predicted octanol–water partition coefficient (Wildman–Crippen LogP) is 3.48. The van der Waals surface area contributed by atoms with Crippen molar-refractivity contribution in [2.45, 2.75) is 46.1 Å². The summed E-state index contributed by atoms with van der Waals surface area (Å²) in [6.45, 7) is 7.26. The lowest BCUT2D eigenvalue weighted by Crippen LogP contribution is -2.47. The number of aryl methyl sites for hydroxylation is 1. The summed E-state index contributed by atoms with van der Waals surface area (Å²) in [6, 6.07) is 1.85. The van der Waals surface area contributed by atoms with E-state index in [0.717, 1.165) is 36.8 Å². The molecule has 1 fully saturated rings. The average Bonchev–Trinajstić information content (AvgIpc) is 3.18. The zero-order valence-corrected chi connectivity index (χ0v) is 15.2. The SMILES string of the molecule is Cc1nsc(NCC2CC(C)(C)CCC2NC(=O)c2ccoc2)n1. The van der Waals surface area contributed by atoms with Crippen LogP contribution in [0.4, 0.5) is 5.13 Å². The largest absolute Gasteiger partial charge is 0.472 e. The minimum absolute atomic E-state index is 0.0646. The van der Waals surface area contributed by atoms with E-state index in [1.54, 1.807) is 6.07 Å². The molecule has 1 amide bonds. The monoisotopic (exact) mass is 348 g/mol. The second kappa shape index (κ2) is 6.93. The van der Waals surface area contributed by atoms with Gasteiger partial charge in [-0.15, -0.1) is 0 Å². The number of anilines is 1. The van der Waals surface area contributed by atoms with Gasteiger partial charge in [-0.3, -0.25) is 4.79 Å². The van der Waals surface area contributed by atoms with Gasteiger partial charge in [0.1, 0.15) is 12.1 Å². The molecule has 0 spiro atoms. The van der Waals surface area contributed by atoms with E-state index in [0.29, 0.717) is 16.9 Å². The fourth-order valence-electron chi connectivity index (χ4n) is 3.37. The molecule has 130 valence electrons. The van der Waals surface area contributed by atoms with Crippen LogP contribution >= 0.6 is 11.5 Å². The number of hydrogen-bond acceptors (Lipinski definition) is 6. The van der Waals surface area contributed by atoms with Gasteiger partial charge in [-0.1, -0.05) is 13.8 Å². The molecule has 0 radical (unpaired) electrons. The second-order valence-electron chi connectivity index (χ2n) is 7.29. The molecule has 3 rings (SSSR count). The quantitative estimate of drug-likeness (QED) is 0.865. The van der Waals surface area contributed by atoms with Gasteiger partial charge in [-0.25, -0.2) is 4.98 Å². The molecule has 1 aliphatic rings. The summed E-state index contributed by atoms with van der Waals surface area (Å²) in [6.07, 6.45) is 6.17. The van der Waals surface area contributed by atoms with E-state index in [9.17, 15) is 4.79 Å². The molecule has 2 heterocycles. The number of aromatic nitrogens is 2. The summed E-state index contributed by atoms with van der Waals surface area (Å²) in [7, 11) is 0. The molecule has 2 unspecified atom stereocenters. The van der Waals surface area contributed by atoms with Gasteiger partial charge in [0.25, 0.3) is 5.91 Å². The maximum Gasteiger partial charge on any atom is 0.254 e. The van der Waals surface area contributed by atoms with Crippen molar-refractivity contribution in [2.75, 3.05) is 11.9 Å². The summed E-state index contributed by atoms with van der Waals surface area (Å²) in [5, 5.41) is 7.41. The Kier molecular flexibility index (Phi) is 4.89. The molecule has 6 nitrogen and oxygen atoms in total. The fraction of sp³-hybridized carbons (Fsp3) is 0.588. The van der Waals surface area contributed by atoms with Gasteiger partial charge in [-0.2, -0.15) is 4.37 Å². The Labute approximate surface area is 146 Å². The molecule has 2 N–H and O–H groups in total. The number of carbonyl (C=O) groups excluding carboxylic acids is 1. The van der Waals surface area contributed by atoms with Crippen LogP contribution in [0.1, 0.15) is 49.3 Å². The summed E-state index contributed by atoms with van der Waals surface area (Å²) in [4.78, 5) is 16.7. The first-order valence-electron chi connectivity index (χ1n) is 8.30.